The van der Waals surface area contributed by atoms with E-state index in [1.807, 2.05) is 18.3 Å². The molecule has 0 aliphatic carbocycles. The quantitative estimate of drug-likeness (QED) is 0.0943. The molecule has 3 aromatic heterocycles. The zero-order valence-corrected chi connectivity index (χ0v) is 40.1. The van der Waals surface area contributed by atoms with E-state index in [0.717, 1.165) is 50.6 Å². The van der Waals surface area contributed by atoms with Crippen LogP contribution in [0, 0.1) is 26.0 Å². The van der Waals surface area contributed by atoms with Crippen molar-refractivity contribution in [2.45, 2.75) is 78.6 Å². The summed E-state index contributed by atoms with van der Waals surface area (Å²) in [5.74, 6) is 2.04. The Hall–Kier alpha value is -6.17. The van der Waals surface area contributed by atoms with Gasteiger partial charge in [-0.1, -0.05) is 173 Å². The molecule has 0 atom stereocenters. The Kier molecular flexibility index (Phi) is 9.77. The summed E-state index contributed by atoms with van der Waals surface area (Å²) in [6, 6.07) is 54.8. The third-order valence-corrected chi connectivity index (χ3v) is 14.2. The van der Waals surface area contributed by atoms with E-state index in [4.69, 9.17) is 14.7 Å². The van der Waals surface area contributed by atoms with Gasteiger partial charge in [0, 0.05) is 51.0 Å². The van der Waals surface area contributed by atoms with Crippen molar-refractivity contribution in [3.05, 3.63) is 180 Å². The van der Waals surface area contributed by atoms with Crippen molar-refractivity contribution in [1.82, 2.24) is 14.4 Å². The summed E-state index contributed by atoms with van der Waals surface area (Å²) < 4.78 is 9.31. The topological polar surface area (TPSA) is 45.9 Å². The molecule has 6 nitrogen and oxygen atoms in total. The molecule has 11 rings (SSSR count). The summed E-state index contributed by atoms with van der Waals surface area (Å²) in [5, 5.41) is 3.21. The molecule has 0 spiro atoms. The number of pyridine rings is 2. The van der Waals surface area contributed by atoms with Crippen LogP contribution in [0.2, 0.25) is 0 Å². The maximum absolute atomic E-state index is 6.88. The van der Waals surface area contributed by atoms with Crippen LogP contribution in [0.1, 0.15) is 76.4 Å². The molecule has 0 radical (unpaired) electrons. The van der Waals surface area contributed by atoms with Crippen LogP contribution in [0.4, 0.5) is 22.9 Å². The van der Waals surface area contributed by atoms with Crippen LogP contribution in [0.3, 0.4) is 0 Å². The maximum atomic E-state index is 6.88. The first-order chi connectivity index (χ1) is 30.2. The van der Waals surface area contributed by atoms with Crippen molar-refractivity contribution in [1.29, 1.82) is 0 Å². The fourth-order valence-electron chi connectivity index (χ4n) is 10.3. The number of nitrogens with zero attached hydrogens (tertiary/aromatic N) is 5. The minimum atomic E-state index is -0.241. The molecule has 2 aliphatic heterocycles. The normalized spacial score (nSPS) is 15.0. The molecular formula is C56H50BN5OPt. The van der Waals surface area contributed by atoms with E-state index in [2.05, 4.69) is 210 Å². The Labute approximate surface area is 391 Å². The third kappa shape index (κ3) is 6.18. The predicted molar refractivity (Wildman–Crippen MR) is 261 cm³/mol. The fraction of sp³-hybridized carbons (Fsp3) is 0.214. The Morgan fingerprint density at radius 1 is 0.672 bits per heavy atom. The zero-order valence-electron chi connectivity index (χ0n) is 37.8. The van der Waals surface area contributed by atoms with Gasteiger partial charge in [-0.25, -0.2) is 4.98 Å². The van der Waals surface area contributed by atoms with Gasteiger partial charge in [0.05, 0.1) is 11.3 Å². The molecule has 0 bridgehead atoms. The van der Waals surface area contributed by atoms with Gasteiger partial charge in [-0.2, -0.15) is 0 Å². The summed E-state index contributed by atoms with van der Waals surface area (Å²) in [6.07, 6.45) is 1.94. The Bertz CT molecular complexity index is 3280. The monoisotopic (exact) mass is 1010 g/mol. The molecule has 0 unspecified atom stereocenters. The number of rotatable bonds is 6. The molecule has 64 heavy (non-hydrogen) atoms. The van der Waals surface area contributed by atoms with Gasteiger partial charge < -0.3 is 18.8 Å². The molecule has 2 aliphatic rings. The first-order valence-electron chi connectivity index (χ1n) is 22.0. The van der Waals surface area contributed by atoms with Gasteiger partial charge in [0.15, 0.2) is 0 Å². The van der Waals surface area contributed by atoms with Crippen molar-refractivity contribution in [2.24, 2.45) is 0 Å². The zero-order chi connectivity index (χ0) is 43.6. The SMILES string of the molecule is Cc1cccc(C)c1B1N(c2cc(C(C)(C)C)ccn2)c2[c-]c(Oc3[c-]c4c(cc3)c3cccc5c3n3c(c(-c6ccccc6)nc43)C(C)(C)C5(C)C)ccc2N1c1ccccc1.[Pt+2]. The van der Waals surface area contributed by atoms with E-state index < -0.39 is 0 Å². The molecular weight excluding hydrogens is 965 g/mol. The van der Waals surface area contributed by atoms with Gasteiger partial charge >= 0.3 is 28.0 Å². The third-order valence-electron chi connectivity index (χ3n) is 14.2. The molecule has 0 saturated carbocycles. The molecule has 8 heteroatoms. The first-order valence-corrected chi connectivity index (χ1v) is 22.0. The van der Waals surface area contributed by atoms with Crippen molar-refractivity contribution in [3.8, 4) is 22.8 Å². The number of ether oxygens (including phenoxy) is 1. The number of aromatic nitrogens is 3. The van der Waals surface area contributed by atoms with Crippen LogP contribution in [0.15, 0.2) is 140 Å². The molecule has 318 valence electrons. The molecule has 0 saturated heterocycles. The smallest absolute Gasteiger partial charge is 0.503 e. The molecule has 0 amide bonds. The van der Waals surface area contributed by atoms with E-state index >= 15 is 0 Å². The second-order valence-electron chi connectivity index (χ2n) is 19.5. The minimum absolute atomic E-state index is 0. The first kappa shape index (κ1) is 41.8. The maximum Gasteiger partial charge on any atom is 2.00 e. The van der Waals surface area contributed by atoms with E-state index in [9.17, 15) is 0 Å². The summed E-state index contributed by atoms with van der Waals surface area (Å²) in [5.41, 5.74) is 14.1. The van der Waals surface area contributed by atoms with Gasteiger partial charge in [0.2, 0.25) is 0 Å². The molecule has 0 N–H and O–H groups in total. The number of hydrogen-bond donors (Lipinski definition) is 0. The summed E-state index contributed by atoms with van der Waals surface area (Å²) in [7, 11) is 0. The van der Waals surface area contributed by atoms with Gasteiger partial charge in [0.25, 0.3) is 0 Å². The Balaban J connectivity index is 0.00000484. The van der Waals surface area contributed by atoms with Crippen molar-refractivity contribution in [3.63, 3.8) is 0 Å². The average Bonchev–Trinajstić information content (AvgIpc) is 3.84. The second-order valence-corrected chi connectivity index (χ2v) is 19.5. The molecule has 9 aromatic rings. The number of para-hydroxylation sites is 2. The van der Waals surface area contributed by atoms with Crippen LogP contribution >= 0.6 is 0 Å². The number of anilines is 4. The van der Waals surface area contributed by atoms with E-state index in [1.54, 1.807) is 0 Å². The van der Waals surface area contributed by atoms with E-state index in [-0.39, 0.29) is 44.3 Å². The molecule has 5 heterocycles. The Morgan fingerprint density at radius 2 is 1.34 bits per heavy atom. The Morgan fingerprint density at radius 3 is 2.06 bits per heavy atom. The fourth-order valence-corrected chi connectivity index (χ4v) is 10.3. The number of aryl methyl sites for hydroxylation is 2. The molecule has 0 fully saturated rings. The van der Waals surface area contributed by atoms with Crippen LogP contribution in [-0.4, -0.2) is 21.4 Å². The van der Waals surface area contributed by atoms with Gasteiger partial charge in [-0.05, 0) is 65.5 Å². The standard InChI is InChI=1S/C56H50BN5O.Pt/c1-35-18-16-19-36(2)49(35)57-61(39-22-14-11-15-23-39)46-29-27-41(34-47(46)62(57)48-32-38(30-31-58-48)54(3,4)5)63-40-26-28-42-43-24-17-25-45-51(43)60-52(56(8,9)55(45,6)7)50(37-20-12-10-13-21-37)59-53(60)44(42)33-40;/h10-32H,1-9H3;/q-2;+2. The van der Waals surface area contributed by atoms with Crippen LogP contribution < -0.4 is 19.8 Å². The minimum Gasteiger partial charge on any atom is -0.503 e. The van der Waals surface area contributed by atoms with E-state index in [0.29, 0.717) is 11.5 Å². The van der Waals surface area contributed by atoms with Crippen molar-refractivity contribution >= 4 is 62.6 Å². The molecule has 6 aromatic carbocycles. The van der Waals surface area contributed by atoms with E-state index in [1.165, 1.54) is 44.3 Å². The van der Waals surface area contributed by atoms with Gasteiger partial charge in [0.1, 0.15) is 5.82 Å². The summed E-state index contributed by atoms with van der Waals surface area (Å²) in [6.45, 7) is 20.4. The number of hydrogen-bond acceptors (Lipinski definition) is 5. The summed E-state index contributed by atoms with van der Waals surface area (Å²) >= 11 is 0. The second kappa shape index (κ2) is 15.0. The van der Waals surface area contributed by atoms with Crippen molar-refractivity contribution in [2.75, 3.05) is 9.62 Å². The van der Waals surface area contributed by atoms with Crippen LogP contribution in [0.25, 0.3) is 38.6 Å². The van der Waals surface area contributed by atoms with Crippen LogP contribution in [-0.2, 0) is 37.3 Å². The number of imidazole rings is 1. The van der Waals surface area contributed by atoms with Crippen molar-refractivity contribution < 1.29 is 25.8 Å². The van der Waals surface area contributed by atoms with Crippen LogP contribution in [0.5, 0.6) is 11.5 Å². The predicted octanol–water partition coefficient (Wildman–Crippen LogP) is 13.3. The average molecular weight is 1010 g/mol. The number of benzene rings is 6. The summed E-state index contributed by atoms with van der Waals surface area (Å²) in [4.78, 5) is 15.4. The largest absolute Gasteiger partial charge is 2.00 e. The van der Waals surface area contributed by atoms with Gasteiger partial charge in [-0.15, -0.1) is 30.3 Å². The van der Waals surface area contributed by atoms with Gasteiger partial charge in [-0.3, -0.25) is 4.98 Å². The number of fused-ring (bicyclic) bond motifs is 4.